The van der Waals surface area contributed by atoms with Gasteiger partial charge in [-0.1, -0.05) is 6.92 Å². The summed E-state index contributed by atoms with van der Waals surface area (Å²) in [6, 6.07) is 0. The van der Waals surface area contributed by atoms with Crippen LogP contribution < -0.4 is 22.3 Å². The normalized spacial score (nSPS) is 23.2. The maximum absolute atomic E-state index is 12.0. The zero-order valence-corrected chi connectivity index (χ0v) is 13.9. The van der Waals surface area contributed by atoms with Crippen LogP contribution in [-0.4, -0.2) is 40.9 Å². The summed E-state index contributed by atoms with van der Waals surface area (Å²) >= 11 is 0. The van der Waals surface area contributed by atoms with Crippen molar-refractivity contribution in [1.82, 2.24) is 14.9 Å². The molecule has 4 N–H and O–H groups in total. The van der Waals surface area contributed by atoms with Crippen molar-refractivity contribution in [2.45, 2.75) is 51.5 Å². The zero-order valence-electron chi connectivity index (χ0n) is 13.9. The number of nitrogens with zero attached hydrogens (tertiary/aromatic N) is 1. The van der Waals surface area contributed by atoms with Crippen LogP contribution in [0.5, 0.6) is 0 Å². The molecule has 2 heterocycles. The van der Waals surface area contributed by atoms with Crippen LogP contribution in [0.3, 0.4) is 0 Å². The number of alkyl carbamates (subject to hydrolysis) is 1. The van der Waals surface area contributed by atoms with Gasteiger partial charge in [0.05, 0.1) is 6.10 Å². The van der Waals surface area contributed by atoms with E-state index in [4.69, 9.17) is 15.2 Å². The van der Waals surface area contributed by atoms with E-state index in [0.29, 0.717) is 37.9 Å². The van der Waals surface area contributed by atoms with Gasteiger partial charge in [0.2, 0.25) is 0 Å². The molecule has 1 aromatic heterocycles. The van der Waals surface area contributed by atoms with Gasteiger partial charge in [0.25, 0.3) is 5.56 Å². The number of aryl methyl sites for hydroxylation is 1. The standard InChI is InChI=1S/C15H24N4O5/c1-3-10-11(24-15(22)17-6-4-5-16)7-12(23-10)19-8-9(2)13(20)18-14(19)21/h8,10-12H,3-7,16H2,1-2H3,(H,17,22)(H,18,20,21)/t10-,11?,12-/m1/s1. The van der Waals surface area contributed by atoms with Crippen molar-refractivity contribution in [3.8, 4) is 0 Å². The fourth-order valence-corrected chi connectivity index (χ4v) is 2.63. The fraction of sp³-hybridized carbons (Fsp3) is 0.667. The van der Waals surface area contributed by atoms with Crippen LogP contribution in [0, 0.1) is 6.92 Å². The molecule has 0 saturated carbocycles. The van der Waals surface area contributed by atoms with E-state index in [-0.39, 0.29) is 6.10 Å². The summed E-state index contributed by atoms with van der Waals surface area (Å²) in [5.74, 6) is 0. The molecule has 0 aromatic carbocycles. The van der Waals surface area contributed by atoms with Crippen molar-refractivity contribution in [1.29, 1.82) is 0 Å². The van der Waals surface area contributed by atoms with E-state index in [9.17, 15) is 14.4 Å². The molecular formula is C15H24N4O5. The SMILES string of the molecule is CC[C@H]1O[C@@H](n2cc(C)c(=O)[nH]c2=O)CC1OC(=O)NCCCN. The van der Waals surface area contributed by atoms with Crippen LogP contribution in [0.25, 0.3) is 0 Å². The Kier molecular flexibility index (Phi) is 6.16. The summed E-state index contributed by atoms with van der Waals surface area (Å²) in [6.07, 6.45) is 1.22. The monoisotopic (exact) mass is 340 g/mol. The Morgan fingerprint density at radius 1 is 1.54 bits per heavy atom. The topological polar surface area (TPSA) is 128 Å². The molecule has 1 saturated heterocycles. The highest BCUT2D eigenvalue weighted by Crippen LogP contribution is 2.31. The smallest absolute Gasteiger partial charge is 0.407 e. The summed E-state index contributed by atoms with van der Waals surface area (Å²) in [5, 5.41) is 2.62. The number of rotatable bonds is 6. The highest BCUT2D eigenvalue weighted by Gasteiger charge is 2.38. The second kappa shape index (κ2) is 8.11. The summed E-state index contributed by atoms with van der Waals surface area (Å²) in [7, 11) is 0. The van der Waals surface area contributed by atoms with E-state index in [0.717, 1.165) is 0 Å². The van der Waals surface area contributed by atoms with Crippen LogP contribution in [0.2, 0.25) is 0 Å². The quantitative estimate of drug-likeness (QED) is 0.625. The first-order valence-electron chi connectivity index (χ1n) is 8.08. The molecule has 2 rings (SSSR count). The number of carbonyl (C=O) groups is 1. The first-order valence-corrected chi connectivity index (χ1v) is 8.08. The average Bonchev–Trinajstić information content (AvgIpc) is 2.93. The van der Waals surface area contributed by atoms with Crippen molar-refractivity contribution in [3.63, 3.8) is 0 Å². The van der Waals surface area contributed by atoms with Gasteiger partial charge in [-0.2, -0.15) is 0 Å². The zero-order chi connectivity index (χ0) is 17.7. The number of carbonyl (C=O) groups excluding carboxylic acids is 1. The van der Waals surface area contributed by atoms with E-state index in [1.54, 1.807) is 6.92 Å². The van der Waals surface area contributed by atoms with Gasteiger partial charge >= 0.3 is 11.8 Å². The molecule has 1 amide bonds. The van der Waals surface area contributed by atoms with Crippen molar-refractivity contribution >= 4 is 6.09 Å². The lowest BCUT2D eigenvalue weighted by Gasteiger charge is -2.17. The third-order valence-corrected chi connectivity index (χ3v) is 3.95. The molecule has 134 valence electrons. The number of aromatic amines is 1. The maximum Gasteiger partial charge on any atom is 0.407 e. The van der Waals surface area contributed by atoms with Gasteiger partial charge in [-0.05, 0) is 26.3 Å². The Morgan fingerprint density at radius 2 is 2.29 bits per heavy atom. The average molecular weight is 340 g/mol. The highest BCUT2D eigenvalue weighted by atomic mass is 16.6. The van der Waals surface area contributed by atoms with Crippen LogP contribution in [0.4, 0.5) is 4.79 Å². The van der Waals surface area contributed by atoms with Gasteiger partial charge in [0, 0.05) is 24.7 Å². The number of aromatic nitrogens is 2. The number of ether oxygens (including phenoxy) is 2. The Morgan fingerprint density at radius 3 is 2.96 bits per heavy atom. The summed E-state index contributed by atoms with van der Waals surface area (Å²) in [6.45, 7) is 4.46. The molecule has 3 atom stereocenters. The molecule has 9 nitrogen and oxygen atoms in total. The molecule has 0 radical (unpaired) electrons. The first kappa shape index (κ1) is 18.2. The third kappa shape index (κ3) is 4.24. The first-order chi connectivity index (χ1) is 11.5. The molecule has 0 spiro atoms. The van der Waals surface area contributed by atoms with E-state index in [1.807, 2.05) is 6.92 Å². The van der Waals surface area contributed by atoms with Gasteiger partial charge in [0.15, 0.2) is 0 Å². The van der Waals surface area contributed by atoms with Crippen molar-refractivity contribution in [2.75, 3.05) is 13.1 Å². The molecule has 24 heavy (non-hydrogen) atoms. The Bertz CT molecular complexity index is 683. The van der Waals surface area contributed by atoms with Gasteiger partial charge in [-0.25, -0.2) is 9.59 Å². The number of nitrogens with one attached hydrogen (secondary N) is 2. The minimum Gasteiger partial charge on any atom is -0.443 e. The molecule has 1 aromatic rings. The number of hydrogen-bond acceptors (Lipinski definition) is 6. The van der Waals surface area contributed by atoms with Gasteiger partial charge in [-0.3, -0.25) is 14.3 Å². The minimum atomic E-state index is -0.583. The number of hydrogen-bond donors (Lipinski definition) is 3. The fourth-order valence-electron chi connectivity index (χ4n) is 2.63. The van der Waals surface area contributed by atoms with E-state index in [1.165, 1.54) is 10.8 Å². The molecule has 0 aliphatic carbocycles. The number of nitrogens with two attached hydrogens (primary N) is 1. The lowest BCUT2D eigenvalue weighted by atomic mass is 10.1. The van der Waals surface area contributed by atoms with Crippen LogP contribution in [-0.2, 0) is 9.47 Å². The predicted molar refractivity (Wildman–Crippen MR) is 86.8 cm³/mol. The van der Waals surface area contributed by atoms with Gasteiger partial charge in [0.1, 0.15) is 12.3 Å². The number of amides is 1. The maximum atomic E-state index is 12.0. The van der Waals surface area contributed by atoms with Crippen molar-refractivity contribution in [2.24, 2.45) is 5.73 Å². The second-order valence-corrected chi connectivity index (χ2v) is 5.76. The van der Waals surface area contributed by atoms with Crippen LogP contribution in [0.1, 0.15) is 38.0 Å². The molecule has 1 aliphatic heterocycles. The summed E-state index contributed by atoms with van der Waals surface area (Å²) in [5.41, 5.74) is 4.82. The minimum absolute atomic E-state index is 0.311. The van der Waals surface area contributed by atoms with Crippen molar-refractivity contribution < 1.29 is 14.3 Å². The second-order valence-electron chi connectivity index (χ2n) is 5.76. The van der Waals surface area contributed by atoms with Crippen LogP contribution >= 0.6 is 0 Å². The van der Waals surface area contributed by atoms with E-state index < -0.39 is 29.7 Å². The van der Waals surface area contributed by atoms with Gasteiger partial charge in [-0.15, -0.1) is 0 Å². The molecule has 1 aliphatic rings. The Labute approximate surface area is 139 Å². The molecule has 1 unspecified atom stereocenters. The van der Waals surface area contributed by atoms with Crippen LogP contribution in [0.15, 0.2) is 15.8 Å². The highest BCUT2D eigenvalue weighted by molar-refractivity contribution is 5.67. The molecule has 0 bridgehead atoms. The third-order valence-electron chi connectivity index (χ3n) is 3.95. The predicted octanol–water partition coefficient (Wildman–Crippen LogP) is -0.0139. The lowest BCUT2D eigenvalue weighted by molar-refractivity contribution is -0.0251. The van der Waals surface area contributed by atoms with Gasteiger partial charge < -0.3 is 20.5 Å². The Hall–Kier alpha value is -2.13. The Balaban J connectivity index is 2.06. The van der Waals surface area contributed by atoms with E-state index in [2.05, 4.69) is 10.3 Å². The largest absolute Gasteiger partial charge is 0.443 e. The molecular weight excluding hydrogens is 316 g/mol. The molecule has 1 fully saturated rings. The lowest BCUT2D eigenvalue weighted by Crippen LogP contribution is -2.34. The number of H-pyrrole nitrogens is 1. The summed E-state index contributed by atoms with van der Waals surface area (Å²) in [4.78, 5) is 37.5. The summed E-state index contributed by atoms with van der Waals surface area (Å²) < 4.78 is 12.6. The van der Waals surface area contributed by atoms with Crippen molar-refractivity contribution in [3.05, 3.63) is 32.6 Å². The van der Waals surface area contributed by atoms with E-state index >= 15 is 0 Å². The molecule has 9 heteroatoms.